The molecule has 0 fully saturated rings. The number of nitrogens with one attached hydrogen (secondary N) is 1. The van der Waals surface area contributed by atoms with E-state index in [4.69, 9.17) is 0 Å². The highest BCUT2D eigenvalue weighted by atomic mass is 79.9. The van der Waals surface area contributed by atoms with E-state index in [-0.39, 0.29) is 0 Å². The van der Waals surface area contributed by atoms with Gasteiger partial charge < -0.3 is 5.43 Å². The highest BCUT2D eigenvalue weighted by molar-refractivity contribution is 9.10. The minimum atomic E-state index is -0.567. The Bertz CT molecular complexity index is 685. The van der Waals surface area contributed by atoms with Gasteiger partial charge in [0.05, 0.1) is 0 Å². The SMILES string of the molecule is O=CC(=O)C1c2ccccc2CN1Nc1ccc(Br)cc1. The molecule has 1 heterocycles. The van der Waals surface area contributed by atoms with Crippen molar-refractivity contribution in [2.45, 2.75) is 12.6 Å². The molecule has 106 valence electrons. The van der Waals surface area contributed by atoms with Crippen molar-refractivity contribution >= 4 is 33.7 Å². The zero-order chi connectivity index (χ0) is 14.8. The second kappa shape index (κ2) is 5.79. The Morgan fingerprint density at radius 2 is 1.90 bits per heavy atom. The molecule has 2 aromatic rings. The summed E-state index contributed by atoms with van der Waals surface area (Å²) in [5.41, 5.74) is 6.03. The number of anilines is 1. The largest absolute Gasteiger partial charge is 0.318 e. The first-order chi connectivity index (χ1) is 10.2. The Balaban J connectivity index is 1.90. The average molecular weight is 345 g/mol. The van der Waals surface area contributed by atoms with E-state index in [9.17, 15) is 9.59 Å². The lowest BCUT2D eigenvalue weighted by Crippen LogP contribution is -2.33. The van der Waals surface area contributed by atoms with Crippen molar-refractivity contribution in [3.8, 4) is 0 Å². The summed E-state index contributed by atoms with van der Waals surface area (Å²) in [6, 6.07) is 14.8. The van der Waals surface area contributed by atoms with E-state index in [1.807, 2.05) is 48.5 Å². The summed E-state index contributed by atoms with van der Waals surface area (Å²) < 4.78 is 0.985. The summed E-state index contributed by atoms with van der Waals surface area (Å²) in [5.74, 6) is -0.440. The number of halogens is 1. The number of aldehydes is 1. The average Bonchev–Trinajstić information content (AvgIpc) is 2.86. The van der Waals surface area contributed by atoms with Crippen molar-refractivity contribution < 1.29 is 9.59 Å². The van der Waals surface area contributed by atoms with Gasteiger partial charge in [-0.1, -0.05) is 40.2 Å². The van der Waals surface area contributed by atoms with Gasteiger partial charge in [-0.25, -0.2) is 5.01 Å². The van der Waals surface area contributed by atoms with Crippen LogP contribution >= 0.6 is 15.9 Å². The van der Waals surface area contributed by atoms with Crippen LogP contribution in [-0.4, -0.2) is 17.1 Å². The topological polar surface area (TPSA) is 49.4 Å². The lowest BCUT2D eigenvalue weighted by molar-refractivity contribution is -0.133. The third kappa shape index (κ3) is 2.75. The number of carbonyl (C=O) groups is 2. The van der Waals surface area contributed by atoms with E-state index >= 15 is 0 Å². The van der Waals surface area contributed by atoms with E-state index in [0.29, 0.717) is 12.8 Å². The highest BCUT2D eigenvalue weighted by Crippen LogP contribution is 2.34. The predicted octanol–water partition coefficient (Wildman–Crippen LogP) is 3.10. The Labute approximate surface area is 130 Å². The number of carbonyl (C=O) groups excluding carboxylic acids is 2. The summed E-state index contributed by atoms with van der Waals surface area (Å²) in [5, 5.41) is 1.80. The van der Waals surface area contributed by atoms with Gasteiger partial charge >= 0.3 is 0 Å². The molecule has 2 aromatic carbocycles. The third-order valence-electron chi connectivity index (χ3n) is 3.50. The van der Waals surface area contributed by atoms with E-state index in [2.05, 4.69) is 21.4 Å². The Kier molecular flexibility index (Phi) is 3.86. The van der Waals surface area contributed by atoms with E-state index < -0.39 is 11.8 Å². The Morgan fingerprint density at radius 3 is 2.62 bits per heavy atom. The maximum Gasteiger partial charge on any atom is 0.218 e. The van der Waals surface area contributed by atoms with Crippen molar-refractivity contribution in [1.29, 1.82) is 0 Å². The van der Waals surface area contributed by atoms with Crippen molar-refractivity contribution in [2.24, 2.45) is 0 Å². The van der Waals surface area contributed by atoms with Gasteiger partial charge in [0, 0.05) is 16.7 Å². The smallest absolute Gasteiger partial charge is 0.218 e. The molecule has 0 bridgehead atoms. The zero-order valence-corrected chi connectivity index (χ0v) is 12.7. The van der Waals surface area contributed by atoms with Crippen LogP contribution in [0.5, 0.6) is 0 Å². The molecule has 21 heavy (non-hydrogen) atoms. The maximum absolute atomic E-state index is 12.0. The first kappa shape index (κ1) is 14.0. The maximum atomic E-state index is 12.0. The normalized spacial score (nSPS) is 17.3. The van der Waals surface area contributed by atoms with Crippen LogP contribution in [0.4, 0.5) is 5.69 Å². The molecule has 3 rings (SSSR count). The lowest BCUT2D eigenvalue weighted by Gasteiger charge is -2.24. The molecule has 1 aliphatic rings. The number of rotatable bonds is 4. The quantitative estimate of drug-likeness (QED) is 0.683. The molecule has 1 unspecified atom stereocenters. The molecule has 0 aromatic heterocycles. The summed E-state index contributed by atoms with van der Waals surface area (Å²) in [6.45, 7) is 0.580. The van der Waals surface area contributed by atoms with Crippen LogP contribution in [0, 0.1) is 0 Å². The number of Topliss-reactive ketones (excluding diaryl/α,β-unsaturated/α-hetero) is 1. The molecule has 0 radical (unpaired) electrons. The van der Waals surface area contributed by atoms with Gasteiger partial charge in [-0.3, -0.25) is 9.59 Å². The molecule has 0 saturated heterocycles. The van der Waals surface area contributed by atoms with Crippen LogP contribution in [0.1, 0.15) is 17.2 Å². The van der Waals surface area contributed by atoms with E-state index in [1.165, 1.54) is 0 Å². The standard InChI is InChI=1S/C16H13BrN2O2/c17-12-5-7-13(8-6-12)18-19-9-11-3-1-2-4-14(11)16(19)15(21)10-20/h1-8,10,16,18H,9H2. The minimum absolute atomic E-state index is 0.392. The number of benzene rings is 2. The van der Waals surface area contributed by atoms with Gasteiger partial charge in [0.25, 0.3) is 0 Å². The Hall–Kier alpha value is -1.98. The molecular weight excluding hydrogens is 332 g/mol. The van der Waals surface area contributed by atoms with Crippen molar-refractivity contribution in [1.82, 2.24) is 5.01 Å². The van der Waals surface area contributed by atoms with Crippen molar-refractivity contribution in [2.75, 3.05) is 5.43 Å². The fourth-order valence-corrected chi connectivity index (χ4v) is 2.82. The molecule has 1 N–H and O–H groups in total. The summed E-state index contributed by atoms with van der Waals surface area (Å²) in [4.78, 5) is 22.9. The van der Waals surface area contributed by atoms with Crippen LogP contribution in [0.25, 0.3) is 0 Å². The third-order valence-corrected chi connectivity index (χ3v) is 4.03. The molecule has 0 spiro atoms. The van der Waals surface area contributed by atoms with Gasteiger partial charge in [0.2, 0.25) is 5.78 Å². The van der Waals surface area contributed by atoms with Crippen LogP contribution < -0.4 is 5.43 Å². The second-order valence-electron chi connectivity index (χ2n) is 4.87. The van der Waals surface area contributed by atoms with E-state index in [1.54, 1.807) is 5.01 Å². The number of fused-ring (bicyclic) bond motifs is 1. The van der Waals surface area contributed by atoms with E-state index in [0.717, 1.165) is 21.3 Å². The Morgan fingerprint density at radius 1 is 1.19 bits per heavy atom. The summed E-state index contributed by atoms with van der Waals surface area (Å²) in [7, 11) is 0. The van der Waals surface area contributed by atoms with Gasteiger partial charge in [0.1, 0.15) is 6.04 Å². The molecular formula is C16H13BrN2O2. The lowest BCUT2D eigenvalue weighted by atomic mass is 10.0. The van der Waals surface area contributed by atoms with Gasteiger partial charge in [0.15, 0.2) is 6.29 Å². The van der Waals surface area contributed by atoms with Crippen molar-refractivity contribution in [3.05, 3.63) is 64.1 Å². The molecule has 0 aliphatic carbocycles. The monoisotopic (exact) mass is 344 g/mol. The summed E-state index contributed by atoms with van der Waals surface area (Å²) in [6.07, 6.45) is 0.392. The molecule has 1 atom stereocenters. The van der Waals surface area contributed by atoms with Crippen molar-refractivity contribution in [3.63, 3.8) is 0 Å². The number of hydrogen-bond donors (Lipinski definition) is 1. The van der Waals surface area contributed by atoms with Gasteiger partial charge in [-0.15, -0.1) is 0 Å². The van der Waals surface area contributed by atoms with Crippen LogP contribution in [-0.2, 0) is 16.1 Å². The number of hydrazine groups is 1. The van der Waals surface area contributed by atoms with Crippen LogP contribution in [0.15, 0.2) is 53.0 Å². The van der Waals surface area contributed by atoms with Gasteiger partial charge in [-0.2, -0.15) is 0 Å². The molecule has 1 aliphatic heterocycles. The van der Waals surface area contributed by atoms with Crippen LogP contribution in [0.2, 0.25) is 0 Å². The fourth-order valence-electron chi connectivity index (χ4n) is 2.55. The number of nitrogens with zero attached hydrogens (tertiary/aromatic N) is 1. The zero-order valence-electron chi connectivity index (χ0n) is 11.1. The first-order valence-corrected chi connectivity index (χ1v) is 7.34. The highest BCUT2D eigenvalue weighted by Gasteiger charge is 2.35. The molecule has 0 saturated carbocycles. The minimum Gasteiger partial charge on any atom is -0.318 e. The molecule has 0 amide bonds. The second-order valence-corrected chi connectivity index (χ2v) is 5.78. The molecule has 4 nitrogen and oxygen atoms in total. The number of ketones is 1. The predicted molar refractivity (Wildman–Crippen MR) is 83.6 cm³/mol. The fraction of sp³-hybridized carbons (Fsp3) is 0.125. The molecule has 5 heteroatoms. The summed E-state index contributed by atoms with van der Waals surface area (Å²) >= 11 is 3.39. The van der Waals surface area contributed by atoms with Crippen LogP contribution in [0.3, 0.4) is 0 Å². The number of hydrogen-bond acceptors (Lipinski definition) is 4. The first-order valence-electron chi connectivity index (χ1n) is 6.55. The van der Waals surface area contributed by atoms with Gasteiger partial charge in [-0.05, 0) is 35.4 Å².